The van der Waals surface area contributed by atoms with E-state index in [-0.39, 0.29) is 12.1 Å². The summed E-state index contributed by atoms with van der Waals surface area (Å²) in [6.45, 7) is 5.00. The lowest BCUT2D eigenvalue weighted by molar-refractivity contribution is -0.0893. The Bertz CT molecular complexity index is 793. The fourth-order valence-electron chi connectivity index (χ4n) is 3.68. The normalized spacial score (nSPS) is 24.2. The molecule has 4 rings (SSSR count). The Morgan fingerprint density at radius 3 is 2.80 bits per heavy atom. The van der Waals surface area contributed by atoms with Crippen LogP contribution in [0, 0.1) is 0 Å². The lowest BCUT2D eigenvalue weighted by Crippen LogP contribution is -2.64. The molecule has 1 fully saturated rings. The summed E-state index contributed by atoms with van der Waals surface area (Å²) in [5, 5.41) is 3.12. The molecule has 2 aliphatic heterocycles. The SMILES string of the molecule is CCOc1cccc2c1O[C@@]1(C)C[C@H]2NC(=O)N1Cc1ccccc1. The summed E-state index contributed by atoms with van der Waals surface area (Å²) >= 11 is 0. The van der Waals surface area contributed by atoms with Gasteiger partial charge in [-0.05, 0) is 25.5 Å². The van der Waals surface area contributed by atoms with Gasteiger partial charge >= 0.3 is 6.03 Å². The maximum Gasteiger partial charge on any atom is 0.321 e. The third-order valence-electron chi connectivity index (χ3n) is 4.89. The van der Waals surface area contributed by atoms with E-state index in [4.69, 9.17) is 9.47 Å². The third-order valence-corrected chi connectivity index (χ3v) is 4.89. The zero-order valence-corrected chi connectivity index (χ0v) is 14.5. The third kappa shape index (κ3) is 2.69. The van der Waals surface area contributed by atoms with Crippen molar-refractivity contribution in [3.63, 3.8) is 0 Å². The number of hydrogen-bond acceptors (Lipinski definition) is 3. The van der Waals surface area contributed by atoms with Gasteiger partial charge in [-0.25, -0.2) is 4.79 Å². The molecule has 0 radical (unpaired) electrons. The molecule has 5 heteroatoms. The van der Waals surface area contributed by atoms with Crippen molar-refractivity contribution >= 4 is 6.03 Å². The summed E-state index contributed by atoms with van der Waals surface area (Å²) in [5.74, 6) is 1.47. The second kappa shape index (κ2) is 5.99. The monoisotopic (exact) mass is 338 g/mol. The van der Waals surface area contributed by atoms with E-state index in [0.717, 1.165) is 22.6 Å². The maximum absolute atomic E-state index is 12.7. The van der Waals surface area contributed by atoms with Gasteiger partial charge in [-0.1, -0.05) is 42.5 Å². The van der Waals surface area contributed by atoms with E-state index in [9.17, 15) is 4.79 Å². The summed E-state index contributed by atoms with van der Waals surface area (Å²) in [5.41, 5.74) is 1.35. The zero-order chi connectivity index (χ0) is 17.4. The molecule has 5 nitrogen and oxygen atoms in total. The molecule has 1 saturated heterocycles. The Labute approximate surface area is 147 Å². The fourth-order valence-corrected chi connectivity index (χ4v) is 3.68. The number of fused-ring (bicyclic) bond motifs is 4. The Balaban J connectivity index is 1.71. The molecule has 2 aromatic rings. The average Bonchev–Trinajstić information content (AvgIpc) is 2.60. The smallest absolute Gasteiger partial charge is 0.321 e. The van der Waals surface area contributed by atoms with Crippen LogP contribution in [0.4, 0.5) is 4.79 Å². The predicted molar refractivity (Wildman–Crippen MR) is 94.5 cm³/mol. The van der Waals surface area contributed by atoms with Gasteiger partial charge in [0, 0.05) is 12.0 Å². The van der Waals surface area contributed by atoms with Crippen molar-refractivity contribution in [3.8, 4) is 11.5 Å². The summed E-state index contributed by atoms with van der Waals surface area (Å²) < 4.78 is 12.1. The molecule has 0 spiro atoms. The van der Waals surface area contributed by atoms with E-state index < -0.39 is 5.72 Å². The minimum Gasteiger partial charge on any atom is -0.490 e. The first kappa shape index (κ1) is 15.8. The largest absolute Gasteiger partial charge is 0.490 e. The van der Waals surface area contributed by atoms with Crippen LogP contribution in [0.3, 0.4) is 0 Å². The molecule has 2 bridgehead atoms. The van der Waals surface area contributed by atoms with E-state index in [1.807, 2.05) is 62.4 Å². The number of benzene rings is 2. The first-order chi connectivity index (χ1) is 12.1. The van der Waals surface area contributed by atoms with E-state index in [2.05, 4.69) is 5.32 Å². The molecule has 25 heavy (non-hydrogen) atoms. The van der Waals surface area contributed by atoms with Gasteiger partial charge in [-0.3, -0.25) is 4.90 Å². The summed E-state index contributed by atoms with van der Waals surface area (Å²) in [6, 6.07) is 15.7. The first-order valence-electron chi connectivity index (χ1n) is 8.67. The molecule has 1 N–H and O–H groups in total. The van der Waals surface area contributed by atoms with Crippen molar-refractivity contribution in [2.75, 3.05) is 6.61 Å². The molecule has 2 amide bonds. The molecule has 2 heterocycles. The van der Waals surface area contributed by atoms with Crippen molar-refractivity contribution in [3.05, 3.63) is 59.7 Å². The minimum absolute atomic E-state index is 0.0614. The van der Waals surface area contributed by atoms with Crippen molar-refractivity contribution in [1.82, 2.24) is 10.2 Å². The molecular weight excluding hydrogens is 316 g/mol. The predicted octanol–water partition coefficient (Wildman–Crippen LogP) is 3.85. The first-order valence-corrected chi connectivity index (χ1v) is 8.67. The van der Waals surface area contributed by atoms with Crippen molar-refractivity contribution < 1.29 is 14.3 Å². The van der Waals surface area contributed by atoms with Crippen molar-refractivity contribution in [1.29, 1.82) is 0 Å². The van der Waals surface area contributed by atoms with Crippen LogP contribution in [0.2, 0.25) is 0 Å². The van der Waals surface area contributed by atoms with E-state index >= 15 is 0 Å². The van der Waals surface area contributed by atoms with E-state index in [0.29, 0.717) is 19.6 Å². The Kier molecular flexibility index (Phi) is 3.79. The highest BCUT2D eigenvalue weighted by atomic mass is 16.5. The van der Waals surface area contributed by atoms with Crippen LogP contribution >= 0.6 is 0 Å². The van der Waals surface area contributed by atoms with Gasteiger partial charge in [0.2, 0.25) is 0 Å². The summed E-state index contributed by atoms with van der Waals surface area (Å²) in [6.07, 6.45) is 0.703. The number of carbonyl (C=O) groups excluding carboxylic acids is 1. The second-order valence-electron chi connectivity index (χ2n) is 6.66. The van der Waals surface area contributed by atoms with Gasteiger partial charge in [0.25, 0.3) is 0 Å². The van der Waals surface area contributed by atoms with Gasteiger partial charge in [0.15, 0.2) is 17.2 Å². The van der Waals surface area contributed by atoms with E-state index in [1.165, 1.54) is 0 Å². The molecule has 2 atom stereocenters. The molecule has 2 aliphatic rings. The Morgan fingerprint density at radius 2 is 2.04 bits per heavy atom. The van der Waals surface area contributed by atoms with Crippen LogP contribution in [-0.2, 0) is 6.54 Å². The molecule has 0 saturated carbocycles. The topological polar surface area (TPSA) is 50.8 Å². The number of amides is 2. The molecule has 0 aromatic heterocycles. The van der Waals surface area contributed by atoms with Gasteiger partial charge < -0.3 is 14.8 Å². The Hall–Kier alpha value is -2.69. The van der Waals surface area contributed by atoms with Crippen LogP contribution in [0.1, 0.15) is 37.4 Å². The number of para-hydroxylation sites is 1. The Morgan fingerprint density at radius 1 is 1.24 bits per heavy atom. The number of rotatable bonds is 4. The average molecular weight is 338 g/mol. The van der Waals surface area contributed by atoms with Crippen LogP contribution < -0.4 is 14.8 Å². The second-order valence-corrected chi connectivity index (χ2v) is 6.66. The lowest BCUT2D eigenvalue weighted by atomic mass is 9.90. The van der Waals surface area contributed by atoms with Gasteiger partial charge in [0.05, 0.1) is 19.2 Å². The molecule has 0 unspecified atom stereocenters. The summed E-state index contributed by atoms with van der Waals surface area (Å²) in [7, 11) is 0. The highest BCUT2D eigenvalue weighted by Gasteiger charge is 2.49. The number of carbonyl (C=O) groups is 1. The highest BCUT2D eigenvalue weighted by molar-refractivity contribution is 5.77. The van der Waals surface area contributed by atoms with Gasteiger partial charge in [-0.2, -0.15) is 0 Å². The lowest BCUT2D eigenvalue weighted by Gasteiger charge is -2.51. The number of hydrogen-bond donors (Lipinski definition) is 1. The van der Waals surface area contributed by atoms with Crippen LogP contribution in [0.25, 0.3) is 0 Å². The fraction of sp³-hybridized carbons (Fsp3) is 0.350. The van der Waals surface area contributed by atoms with Crippen LogP contribution in [-0.4, -0.2) is 23.3 Å². The highest BCUT2D eigenvalue weighted by Crippen LogP contribution is 2.48. The maximum atomic E-state index is 12.7. The molecule has 2 aromatic carbocycles. The van der Waals surface area contributed by atoms with Crippen molar-refractivity contribution in [2.45, 2.75) is 38.6 Å². The standard InChI is InChI=1S/C20H22N2O3/c1-3-24-17-11-7-10-15-16-12-20(2,25-18(15)17)22(19(23)21-16)13-14-8-5-4-6-9-14/h4-11,16H,3,12-13H2,1-2H3,(H,21,23)/t16-,20+/m1/s1. The van der Waals surface area contributed by atoms with E-state index in [1.54, 1.807) is 4.90 Å². The zero-order valence-electron chi connectivity index (χ0n) is 14.5. The van der Waals surface area contributed by atoms with Crippen LogP contribution in [0.5, 0.6) is 11.5 Å². The minimum atomic E-state index is -0.705. The number of nitrogens with one attached hydrogen (secondary N) is 1. The molecule has 0 aliphatic carbocycles. The molecular formula is C20H22N2O3. The quantitative estimate of drug-likeness (QED) is 0.921. The number of ether oxygens (including phenoxy) is 2. The molecule has 130 valence electrons. The van der Waals surface area contributed by atoms with Gasteiger partial charge in [0.1, 0.15) is 0 Å². The number of urea groups is 1. The van der Waals surface area contributed by atoms with Crippen LogP contribution in [0.15, 0.2) is 48.5 Å². The van der Waals surface area contributed by atoms with Crippen molar-refractivity contribution in [2.24, 2.45) is 0 Å². The number of nitrogens with zero attached hydrogens (tertiary/aromatic N) is 1. The summed E-state index contributed by atoms with van der Waals surface area (Å²) in [4.78, 5) is 14.5. The van der Waals surface area contributed by atoms with Gasteiger partial charge in [-0.15, -0.1) is 0 Å².